The Hall–Kier alpha value is -1.55. The van der Waals surface area contributed by atoms with E-state index in [1.807, 2.05) is 5.32 Å². The molecule has 0 spiro atoms. The summed E-state index contributed by atoms with van der Waals surface area (Å²) in [5.74, 6) is -0.509. The number of sulfonamides is 1. The van der Waals surface area contributed by atoms with Crippen molar-refractivity contribution in [3.8, 4) is 5.75 Å². The number of imide groups is 1. The number of nitrogens with zero attached hydrogens (tertiary/aromatic N) is 1. The maximum absolute atomic E-state index is 12.5. The smallest absolute Gasteiger partial charge is 0.322 e. The molecule has 1 aromatic carbocycles. The van der Waals surface area contributed by atoms with Crippen LogP contribution >= 0.6 is 23.2 Å². The molecule has 0 saturated carbocycles. The van der Waals surface area contributed by atoms with E-state index in [0.29, 0.717) is 28.6 Å². The molecule has 1 aromatic rings. The van der Waals surface area contributed by atoms with Gasteiger partial charge in [0.15, 0.2) is 0 Å². The minimum absolute atomic E-state index is 0.145. The Morgan fingerprint density at radius 1 is 1.15 bits per heavy atom. The molecule has 0 bridgehead atoms. The van der Waals surface area contributed by atoms with Crippen LogP contribution in [0.4, 0.5) is 4.79 Å². The van der Waals surface area contributed by atoms with Crippen molar-refractivity contribution in [3.05, 3.63) is 28.2 Å². The lowest BCUT2D eigenvalue weighted by atomic mass is 10.1. The van der Waals surface area contributed by atoms with Gasteiger partial charge in [0.05, 0.1) is 15.8 Å². The number of benzene rings is 1. The number of piperidine rings is 1. The van der Waals surface area contributed by atoms with Gasteiger partial charge in [-0.25, -0.2) is 17.5 Å². The summed E-state index contributed by atoms with van der Waals surface area (Å²) in [6.45, 7) is 0.549. The lowest BCUT2D eigenvalue weighted by molar-refractivity contribution is -0.119. The minimum atomic E-state index is -3.67. The molecule has 1 atom stereocenters. The third-order valence-electron chi connectivity index (χ3n) is 4.22. The summed E-state index contributed by atoms with van der Waals surface area (Å²) < 4.78 is 32.1. The number of halogens is 2. The van der Waals surface area contributed by atoms with Gasteiger partial charge in [-0.3, -0.25) is 10.1 Å². The Morgan fingerprint density at radius 3 is 2.42 bits per heavy atom. The third kappa shape index (κ3) is 4.40. The second-order valence-electron chi connectivity index (χ2n) is 6.09. The lowest BCUT2D eigenvalue weighted by Gasteiger charge is -2.31. The average Bonchev–Trinajstić information content (AvgIpc) is 2.88. The third-order valence-corrected chi connectivity index (χ3v) is 6.87. The van der Waals surface area contributed by atoms with Crippen LogP contribution in [-0.4, -0.2) is 55.6 Å². The van der Waals surface area contributed by atoms with E-state index in [1.165, 1.54) is 4.31 Å². The van der Waals surface area contributed by atoms with E-state index < -0.39 is 33.8 Å². The van der Waals surface area contributed by atoms with Crippen LogP contribution in [0.2, 0.25) is 10.0 Å². The van der Waals surface area contributed by atoms with E-state index in [9.17, 15) is 18.0 Å². The van der Waals surface area contributed by atoms with Gasteiger partial charge in [0, 0.05) is 19.2 Å². The highest BCUT2D eigenvalue weighted by Gasteiger charge is 2.37. The standard InChI is InChI=1S/C15H17Cl2N3O5S/c16-11-2-1-10(7-12(11)17)25-9-3-5-20(6-4-9)26(23,24)8-13-14(21)19-15(22)18-13/h1-2,7,9,13H,3-6,8H2,(H2,18,19,21,22)/t13-/m0/s1. The Morgan fingerprint density at radius 2 is 1.85 bits per heavy atom. The molecule has 11 heteroatoms. The van der Waals surface area contributed by atoms with E-state index in [4.69, 9.17) is 27.9 Å². The number of hydrogen-bond donors (Lipinski definition) is 2. The van der Waals surface area contributed by atoms with Gasteiger partial charge in [0.2, 0.25) is 10.0 Å². The molecule has 0 aliphatic carbocycles. The summed E-state index contributed by atoms with van der Waals surface area (Å²) in [6, 6.07) is 3.23. The molecular weight excluding hydrogens is 405 g/mol. The number of rotatable bonds is 5. The largest absolute Gasteiger partial charge is 0.490 e. The number of nitrogens with one attached hydrogen (secondary N) is 2. The number of carbonyl (C=O) groups excluding carboxylic acids is 2. The normalized spacial score (nSPS) is 22.2. The van der Waals surface area contributed by atoms with E-state index in [2.05, 4.69) is 5.32 Å². The Labute approximate surface area is 160 Å². The summed E-state index contributed by atoms with van der Waals surface area (Å²) in [6.07, 6.45) is 0.860. The van der Waals surface area contributed by atoms with Gasteiger partial charge in [-0.15, -0.1) is 0 Å². The molecule has 8 nitrogen and oxygen atoms in total. The number of amides is 3. The lowest BCUT2D eigenvalue weighted by Crippen LogP contribution is -2.47. The molecule has 0 radical (unpaired) electrons. The van der Waals surface area contributed by atoms with Crippen LogP contribution in [0.5, 0.6) is 5.75 Å². The zero-order valence-electron chi connectivity index (χ0n) is 13.6. The summed E-state index contributed by atoms with van der Waals surface area (Å²) in [5, 5.41) is 5.14. The van der Waals surface area contributed by atoms with Gasteiger partial charge in [0.1, 0.15) is 17.9 Å². The molecule has 2 N–H and O–H groups in total. The predicted molar refractivity (Wildman–Crippen MR) is 95.9 cm³/mol. The summed E-state index contributed by atoms with van der Waals surface area (Å²) >= 11 is 11.8. The van der Waals surface area contributed by atoms with Crippen LogP contribution < -0.4 is 15.4 Å². The van der Waals surface area contributed by atoms with Gasteiger partial charge in [-0.2, -0.15) is 0 Å². The molecule has 2 fully saturated rings. The molecule has 0 unspecified atom stereocenters. The predicted octanol–water partition coefficient (Wildman–Crippen LogP) is 1.37. The quantitative estimate of drug-likeness (QED) is 0.698. The molecule has 2 heterocycles. The van der Waals surface area contributed by atoms with Crippen LogP contribution in [0.15, 0.2) is 18.2 Å². The highest BCUT2D eigenvalue weighted by molar-refractivity contribution is 7.89. The Kier molecular flexibility index (Phi) is 5.61. The zero-order valence-corrected chi connectivity index (χ0v) is 15.9. The van der Waals surface area contributed by atoms with Crippen molar-refractivity contribution in [2.24, 2.45) is 0 Å². The molecule has 3 rings (SSSR count). The first-order valence-electron chi connectivity index (χ1n) is 7.95. The fraction of sp³-hybridized carbons (Fsp3) is 0.467. The average molecular weight is 422 g/mol. The molecule has 142 valence electrons. The van der Waals surface area contributed by atoms with Gasteiger partial charge < -0.3 is 10.1 Å². The van der Waals surface area contributed by atoms with Gasteiger partial charge in [0.25, 0.3) is 5.91 Å². The van der Waals surface area contributed by atoms with Crippen LogP contribution in [0.25, 0.3) is 0 Å². The maximum Gasteiger partial charge on any atom is 0.322 e. The SMILES string of the molecule is O=C1NC(=O)[C@H](CS(=O)(=O)N2CCC(Oc3ccc(Cl)c(Cl)c3)CC2)N1. The first-order chi connectivity index (χ1) is 12.2. The van der Waals surface area contributed by atoms with Crippen molar-refractivity contribution in [2.75, 3.05) is 18.8 Å². The van der Waals surface area contributed by atoms with E-state index in [1.54, 1.807) is 18.2 Å². The monoisotopic (exact) mass is 421 g/mol. The zero-order chi connectivity index (χ0) is 18.9. The van der Waals surface area contributed by atoms with E-state index in [0.717, 1.165) is 0 Å². The van der Waals surface area contributed by atoms with Crippen molar-refractivity contribution in [1.29, 1.82) is 0 Å². The summed E-state index contributed by atoms with van der Waals surface area (Å²) in [7, 11) is -3.67. The van der Waals surface area contributed by atoms with Gasteiger partial charge in [-0.05, 0) is 25.0 Å². The van der Waals surface area contributed by atoms with E-state index >= 15 is 0 Å². The number of hydrogen-bond acceptors (Lipinski definition) is 5. The highest BCUT2D eigenvalue weighted by atomic mass is 35.5. The fourth-order valence-corrected chi connectivity index (χ4v) is 4.79. The van der Waals surface area contributed by atoms with Crippen LogP contribution in [0, 0.1) is 0 Å². The first kappa shape index (κ1) is 19.2. The summed E-state index contributed by atoms with van der Waals surface area (Å²) in [4.78, 5) is 22.6. The highest BCUT2D eigenvalue weighted by Crippen LogP contribution is 2.28. The van der Waals surface area contributed by atoms with Crippen LogP contribution in [0.3, 0.4) is 0 Å². The minimum Gasteiger partial charge on any atom is -0.490 e. The molecule has 2 saturated heterocycles. The summed E-state index contributed by atoms with van der Waals surface area (Å²) in [5.41, 5.74) is 0. The molecule has 2 aliphatic heterocycles. The maximum atomic E-state index is 12.5. The number of ether oxygens (including phenoxy) is 1. The van der Waals surface area contributed by atoms with Crippen molar-refractivity contribution < 1.29 is 22.7 Å². The molecular formula is C15H17Cl2N3O5S. The Balaban J connectivity index is 1.54. The second kappa shape index (κ2) is 7.59. The van der Waals surface area contributed by atoms with Crippen LogP contribution in [-0.2, 0) is 14.8 Å². The first-order valence-corrected chi connectivity index (χ1v) is 10.3. The van der Waals surface area contributed by atoms with Gasteiger partial charge >= 0.3 is 6.03 Å². The number of carbonyl (C=O) groups is 2. The topological polar surface area (TPSA) is 105 Å². The van der Waals surface area contributed by atoms with Crippen molar-refractivity contribution >= 4 is 45.2 Å². The number of urea groups is 1. The van der Waals surface area contributed by atoms with Crippen molar-refractivity contribution in [1.82, 2.24) is 14.9 Å². The second-order valence-corrected chi connectivity index (χ2v) is 8.91. The molecule has 2 aliphatic rings. The van der Waals surface area contributed by atoms with Crippen molar-refractivity contribution in [3.63, 3.8) is 0 Å². The van der Waals surface area contributed by atoms with E-state index in [-0.39, 0.29) is 19.2 Å². The van der Waals surface area contributed by atoms with Crippen LogP contribution in [0.1, 0.15) is 12.8 Å². The van der Waals surface area contributed by atoms with Crippen molar-refractivity contribution in [2.45, 2.75) is 25.0 Å². The Bertz CT molecular complexity index is 825. The van der Waals surface area contributed by atoms with Gasteiger partial charge in [-0.1, -0.05) is 23.2 Å². The molecule has 26 heavy (non-hydrogen) atoms. The molecule has 3 amide bonds. The fourth-order valence-electron chi connectivity index (χ4n) is 2.86. The molecule has 0 aromatic heterocycles.